The molecule has 1 aliphatic carbocycles. The Morgan fingerprint density at radius 1 is 0.941 bits per heavy atom. The van der Waals surface area contributed by atoms with Gasteiger partial charge in [0.25, 0.3) is 0 Å². The quantitative estimate of drug-likeness (QED) is 0.693. The van der Waals surface area contributed by atoms with E-state index in [-0.39, 0.29) is 0 Å². The van der Waals surface area contributed by atoms with Crippen LogP contribution in [0.25, 0.3) is 5.57 Å². The van der Waals surface area contributed by atoms with Crippen LogP contribution in [0.5, 0.6) is 0 Å². The van der Waals surface area contributed by atoms with Crippen molar-refractivity contribution < 1.29 is 8.78 Å². The van der Waals surface area contributed by atoms with E-state index in [1.807, 2.05) is 36.4 Å². The van der Waals surface area contributed by atoms with Crippen LogP contribution in [0.15, 0.2) is 48.5 Å². The van der Waals surface area contributed by atoms with Crippen molar-refractivity contribution in [3.05, 3.63) is 76.9 Å². The molecule has 0 nitrogen and oxygen atoms in total. The fraction of sp³-hybridized carbons (Fsp3) is 0.0667. The van der Waals surface area contributed by atoms with Gasteiger partial charge >= 0.3 is 0 Å². The second-order valence-electron chi connectivity index (χ2n) is 4.10. The van der Waals surface area contributed by atoms with E-state index in [2.05, 4.69) is 0 Å². The Kier molecular flexibility index (Phi) is 2.29. The molecule has 0 fully saturated rings. The number of hydrogen-bond acceptors (Lipinski definition) is 0. The van der Waals surface area contributed by atoms with Crippen LogP contribution in [0.2, 0.25) is 0 Å². The van der Waals surface area contributed by atoms with Crippen molar-refractivity contribution >= 4 is 5.57 Å². The lowest BCUT2D eigenvalue weighted by Crippen LogP contribution is -1.93. The average molecular weight is 228 g/mol. The molecule has 0 heterocycles. The molecule has 0 aliphatic heterocycles. The molecule has 0 saturated carbocycles. The molecule has 2 heteroatoms. The van der Waals surface area contributed by atoms with Gasteiger partial charge in [0.2, 0.25) is 0 Å². The maximum atomic E-state index is 13.6. The first-order valence-electron chi connectivity index (χ1n) is 5.49. The molecule has 0 bridgehead atoms. The summed E-state index contributed by atoms with van der Waals surface area (Å²) in [6, 6.07) is 12.0. The van der Waals surface area contributed by atoms with Crippen LogP contribution in [-0.2, 0) is 6.42 Å². The fourth-order valence-electron chi connectivity index (χ4n) is 2.26. The Hall–Kier alpha value is -1.96. The van der Waals surface area contributed by atoms with Crippen molar-refractivity contribution in [1.29, 1.82) is 0 Å². The molecule has 0 spiro atoms. The van der Waals surface area contributed by atoms with Crippen molar-refractivity contribution in [2.45, 2.75) is 6.42 Å². The molecule has 84 valence electrons. The molecule has 2 aromatic carbocycles. The fourth-order valence-corrected chi connectivity index (χ4v) is 2.26. The maximum absolute atomic E-state index is 13.6. The number of allylic oxidation sites excluding steroid dienone is 1. The molecule has 3 rings (SSSR count). The number of hydrogen-bond donors (Lipinski definition) is 0. The van der Waals surface area contributed by atoms with Gasteiger partial charge in [-0.15, -0.1) is 0 Å². The molecule has 0 unspecified atom stereocenters. The van der Waals surface area contributed by atoms with Gasteiger partial charge in [0.05, 0.1) is 0 Å². The topological polar surface area (TPSA) is 0 Å². The van der Waals surface area contributed by atoms with Gasteiger partial charge in [0.15, 0.2) is 0 Å². The lowest BCUT2D eigenvalue weighted by molar-refractivity contribution is 0.575. The minimum absolute atomic E-state index is 0.456. The van der Waals surface area contributed by atoms with E-state index in [1.54, 1.807) is 0 Å². The highest BCUT2D eigenvalue weighted by Crippen LogP contribution is 2.34. The van der Waals surface area contributed by atoms with Crippen LogP contribution in [0.4, 0.5) is 8.78 Å². The molecule has 0 aromatic heterocycles. The summed E-state index contributed by atoms with van der Waals surface area (Å²) in [5.41, 5.74) is 3.18. The summed E-state index contributed by atoms with van der Waals surface area (Å²) in [5, 5.41) is 0. The second kappa shape index (κ2) is 3.81. The standard InChI is InChI=1S/C15H10F2/c16-11-8-14-12(10-4-2-1-3-5-10)6-7-13(14)15(17)9-11/h1-6,8-9H,7H2. The van der Waals surface area contributed by atoms with Gasteiger partial charge in [-0.3, -0.25) is 0 Å². The zero-order valence-electron chi connectivity index (χ0n) is 9.08. The van der Waals surface area contributed by atoms with E-state index in [9.17, 15) is 8.78 Å². The molecule has 17 heavy (non-hydrogen) atoms. The lowest BCUT2D eigenvalue weighted by atomic mass is 9.99. The first-order chi connectivity index (χ1) is 8.25. The Labute approximate surface area is 98.2 Å². The molecule has 0 saturated heterocycles. The Balaban J connectivity index is 2.15. The van der Waals surface area contributed by atoms with Gasteiger partial charge < -0.3 is 0 Å². The van der Waals surface area contributed by atoms with Crippen LogP contribution in [-0.4, -0.2) is 0 Å². The van der Waals surface area contributed by atoms with Gasteiger partial charge in [-0.2, -0.15) is 0 Å². The van der Waals surface area contributed by atoms with Crippen LogP contribution >= 0.6 is 0 Å². The summed E-state index contributed by atoms with van der Waals surface area (Å²) in [6.07, 6.45) is 2.48. The third-order valence-corrected chi connectivity index (χ3v) is 3.05. The van der Waals surface area contributed by atoms with Crippen molar-refractivity contribution in [3.8, 4) is 0 Å². The number of fused-ring (bicyclic) bond motifs is 1. The van der Waals surface area contributed by atoms with Gasteiger partial charge in [-0.1, -0.05) is 36.4 Å². The largest absolute Gasteiger partial charge is 0.207 e. The SMILES string of the molecule is Fc1cc(F)c2c(c1)C(c1ccccc1)=CC2. The van der Waals surface area contributed by atoms with Crippen LogP contribution in [0, 0.1) is 11.6 Å². The van der Waals surface area contributed by atoms with Crippen molar-refractivity contribution in [2.75, 3.05) is 0 Å². The van der Waals surface area contributed by atoms with Crippen molar-refractivity contribution in [3.63, 3.8) is 0 Å². The van der Waals surface area contributed by atoms with Gasteiger partial charge in [0.1, 0.15) is 11.6 Å². The van der Waals surface area contributed by atoms with Gasteiger partial charge in [-0.05, 0) is 34.8 Å². The minimum Gasteiger partial charge on any atom is -0.207 e. The molecule has 2 aromatic rings. The molecule has 0 atom stereocenters. The monoisotopic (exact) mass is 228 g/mol. The number of rotatable bonds is 1. The predicted molar refractivity (Wildman–Crippen MR) is 63.6 cm³/mol. The first-order valence-corrected chi connectivity index (χ1v) is 5.49. The molecular weight excluding hydrogens is 218 g/mol. The zero-order valence-corrected chi connectivity index (χ0v) is 9.08. The van der Waals surface area contributed by atoms with Crippen LogP contribution in [0.1, 0.15) is 16.7 Å². The van der Waals surface area contributed by atoms with Crippen molar-refractivity contribution in [1.82, 2.24) is 0 Å². The van der Waals surface area contributed by atoms with Crippen molar-refractivity contribution in [2.24, 2.45) is 0 Å². The highest BCUT2D eigenvalue weighted by Gasteiger charge is 2.19. The highest BCUT2D eigenvalue weighted by atomic mass is 19.1. The first kappa shape index (κ1) is 10.2. The lowest BCUT2D eigenvalue weighted by Gasteiger charge is -2.07. The summed E-state index contributed by atoms with van der Waals surface area (Å²) in [7, 11) is 0. The normalized spacial score (nSPS) is 13.4. The molecule has 1 aliphatic rings. The van der Waals surface area contributed by atoms with Gasteiger partial charge in [0, 0.05) is 6.07 Å². The molecule has 0 N–H and O–H groups in total. The zero-order chi connectivity index (χ0) is 11.8. The molecule has 0 radical (unpaired) electrons. The minimum atomic E-state index is -0.523. The van der Waals surface area contributed by atoms with Gasteiger partial charge in [-0.25, -0.2) is 8.78 Å². The Bertz CT molecular complexity index is 598. The third-order valence-electron chi connectivity index (χ3n) is 3.05. The van der Waals surface area contributed by atoms with E-state index < -0.39 is 11.6 Å². The Morgan fingerprint density at radius 2 is 1.71 bits per heavy atom. The van der Waals surface area contributed by atoms with E-state index in [0.717, 1.165) is 17.2 Å². The van der Waals surface area contributed by atoms with E-state index in [4.69, 9.17) is 0 Å². The summed E-state index contributed by atoms with van der Waals surface area (Å²) in [5.74, 6) is -0.979. The van der Waals surface area contributed by atoms with E-state index in [0.29, 0.717) is 17.5 Å². The third kappa shape index (κ3) is 1.66. The maximum Gasteiger partial charge on any atom is 0.130 e. The predicted octanol–water partition coefficient (Wildman–Crippen LogP) is 3.95. The average Bonchev–Trinajstić information content (AvgIpc) is 2.74. The van der Waals surface area contributed by atoms with E-state index in [1.165, 1.54) is 6.07 Å². The van der Waals surface area contributed by atoms with Crippen LogP contribution in [0.3, 0.4) is 0 Å². The molecule has 0 amide bonds. The highest BCUT2D eigenvalue weighted by molar-refractivity contribution is 5.84. The number of halogens is 2. The summed E-state index contributed by atoms with van der Waals surface area (Å²) < 4.78 is 26.8. The molecular formula is C15H10F2. The van der Waals surface area contributed by atoms with E-state index >= 15 is 0 Å². The summed E-state index contributed by atoms with van der Waals surface area (Å²) in [6.45, 7) is 0. The second-order valence-corrected chi connectivity index (χ2v) is 4.10. The summed E-state index contributed by atoms with van der Waals surface area (Å²) >= 11 is 0. The van der Waals surface area contributed by atoms with Crippen LogP contribution < -0.4 is 0 Å². The summed E-state index contributed by atoms with van der Waals surface area (Å²) in [4.78, 5) is 0. The Morgan fingerprint density at radius 3 is 2.47 bits per heavy atom. The number of benzene rings is 2. The smallest absolute Gasteiger partial charge is 0.130 e.